The molecular weight excluding hydrogens is 390 g/mol. The predicted octanol–water partition coefficient (Wildman–Crippen LogP) is 3.97. The van der Waals surface area contributed by atoms with Crippen LogP contribution in [0.2, 0.25) is 0 Å². The molecule has 0 aliphatic heterocycles. The molecule has 0 unspecified atom stereocenters. The van der Waals surface area contributed by atoms with Gasteiger partial charge < -0.3 is 4.74 Å². The Morgan fingerprint density at radius 1 is 1.24 bits per heavy atom. The summed E-state index contributed by atoms with van der Waals surface area (Å²) in [5.74, 6) is -0.683. The van der Waals surface area contributed by atoms with Gasteiger partial charge in [-0.1, -0.05) is 18.2 Å². The van der Waals surface area contributed by atoms with E-state index in [1.54, 1.807) is 20.8 Å². The second-order valence-electron chi connectivity index (χ2n) is 6.40. The number of nitrogens with zero attached hydrogens (tertiary/aromatic N) is 2. The number of rotatable bonds is 6. The number of aromatic amines is 1. The van der Waals surface area contributed by atoms with Gasteiger partial charge in [-0.05, 0) is 45.4 Å². The summed E-state index contributed by atoms with van der Waals surface area (Å²) >= 11 is 1.12. The molecule has 8 heteroatoms. The number of thiophene rings is 1. The normalized spacial score (nSPS) is 11.2. The van der Waals surface area contributed by atoms with Gasteiger partial charge in [-0.15, -0.1) is 11.3 Å². The molecular formula is C21H21N3O4S. The fraction of sp³-hybridized carbons (Fsp3) is 0.238. The van der Waals surface area contributed by atoms with Gasteiger partial charge in [-0.3, -0.25) is 14.7 Å². The number of hydrogen-bond acceptors (Lipinski definition) is 6. The summed E-state index contributed by atoms with van der Waals surface area (Å²) in [7, 11) is 0. The lowest BCUT2D eigenvalue weighted by Crippen LogP contribution is -2.17. The first-order valence-electron chi connectivity index (χ1n) is 9.07. The van der Waals surface area contributed by atoms with E-state index in [-0.39, 0.29) is 23.5 Å². The second-order valence-corrected chi connectivity index (χ2v) is 7.40. The highest BCUT2D eigenvalue weighted by Crippen LogP contribution is 2.36. The van der Waals surface area contributed by atoms with Crippen LogP contribution in [0.1, 0.15) is 50.7 Å². The topological polar surface area (TPSA) is 93.5 Å². The third-order valence-electron chi connectivity index (χ3n) is 4.37. The monoisotopic (exact) mass is 411 g/mol. The lowest BCUT2D eigenvalue weighted by atomic mass is 10.1. The van der Waals surface area contributed by atoms with Crippen LogP contribution in [0.3, 0.4) is 0 Å². The molecule has 3 rings (SSSR count). The summed E-state index contributed by atoms with van der Waals surface area (Å²) in [6.45, 7) is 6.84. The Morgan fingerprint density at radius 3 is 2.55 bits per heavy atom. The largest absolute Gasteiger partial charge is 0.462 e. The van der Waals surface area contributed by atoms with Crippen LogP contribution in [-0.4, -0.2) is 34.4 Å². The highest BCUT2D eigenvalue weighted by Gasteiger charge is 2.24. The van der Waals surface area contributed by atoms with Crippen LogP contribution in [0.15, 0.2) is 40.1 Å². The van der Waals surface area contributed by atoms with E-state index in [0.717, 1.165) is 11.3 Å². The maximum absolute atomic E-state index is 12.8. The number of ketones is 1. The van der Waals surface area contributed by atoms with Gasteiger partial charge in [0.2, 0.25) is 0 Å². The first-order chi connectivity index (χ1) is 13.8. The van der Waals surface area contributed by atoms with Crippen LogP contribution in [0.4, 0.5) is 5.00 Å². The number of Topliss-reactive ketones (excluding diaryl/α,β-unsaturated/α-hetero) is 1. The Hall–Kier alpha value is -3.26. The summed E-state index contributed by atoms with van der Waals surface area (Å²) in [5.41, 5.74) is 2.27. The lowest BCUT2D eigenvalue weighted by Gasteiger charge is -2.02. The zero-order valence-corrected chi connectivity index (χ0v) is 17.4. The van der Waals surface area contributed by atoms with Crippen LogP contribution in [-0.2, 0) is 4.74 Å². The molecule has 1 aromatic carbocycles. The minimum Gasteiger partial charge on any atom is -0.462 e. The van der Waals surface area contributed by atoms with Crippen molar-refractivity contribution in [1.29, 1.82) is 0 Å². The molecule has 0 bridgehead atoms. The van der Waals surface area contributed by atoms with E-state index in [0.29, 0.717) is 32.4 Å². The quantitative estimate of drug-likeness (QED) is 0.377. The molecule has 0 spiro atoms. The summed E-state index contributed by atoms with van der Waals surface area (Å²) in [6, 6.07) is 9.19. The van der Waals surface area contributed by atoms with Crippen molar-refractivity contribution >= 4 is 34.3 Å². The number of para-hydroxylation sites is 1. The average Bonchev–Trinajstić information content (AvgIpc) is 3.17. The standard InChI is InChI=1S/C21H21N3O4S/c1-5-28-21(27)17-12(2)18(14(4)25)29-19(17)22-11-16-13(3)23-24(20(16)26)15-9-7-6-8-10-15/h6-11,23H,5H2,1-4H3. The van der Waals surface area contributed by atoms with E-state index in [4.69, 9.17) is 4.74 Å². The zero-order chi connectivity index (χ0) is 21.1. The van der Waals surface area contributed by atoms with Crippen molar-refractivity contribution in [1.82, 2.24) is 9.78 Å². The molecule has 0 aliphatic carbocycles. The van der Waals surface area contributed by atoms with Crippen molar-refractivity contribution in [2.75, 3.05) is 6.61 Å². The number of aromatic nitrogens is 2. The Morgan fingerprint density at radius 2 is 1.93 bits per heavy atom. The minimum absolute atomic E-state index is 0.149. The molecule has 7 nitrogen and oxygen atoms in total. The molecule has 0 aliphatic rings. The van der Waals surface area contributed by atoms with Crippen molar-refractivity contribution in [2.45, 2.75) is 27.7 Å². The Kier molecular flexibility index (Phi) is 5.93. The smallest absolute Gasteiger partial charge is 0.341 e. The van der Waals surface area contributed by atoms with Crippen LogP contribution in [0.25, 0.3) is 5.69 Å². The average molecular weight is 411 g/mol. The van der Waals surface area contributed by atoms with Gasteiger partial charge >= 0.3 is 5.97 Å². The molecule has 3 aromatic rings. The Balaban J connectivity index is 2.06. The van der Waals surface area contributed by atoms with E-state index in [9.17, 15) is 14.4 Å². The number of nitrogens with one attached hydrogen (secondary N) is 1. The summed E-state index contributed by atoms with van der Waals surface area (Å²) in [6.07, 6.45) is 1.42. The Labute approximate surface area is 171 Å². The maximum atomic E-state index is 12.8. The molecule has 1 N–H and O–H groups in total. The number of carbonyl (C=O) groups is 2. The van der Waals surface area contributed by atoms with Gasteiger partial charge in [0.25, 0.3) is 5.56 Å². The van der Waals surface area contributed by atoms with Gasteiger partial charge in [0.05, 0.1) is 28.3 Å². The van der Waals surface area contributed by atoms with Crippen molar-refractivity contribution in [3.63, 3.8) is 0 Å². The zero-order valence-electron chi connectivity index (χ0n) is 16.6. The number of carbonyl (C=O) groups excluding carboxylic acids is 2. The number of aryl methyl sites for hydroxylation is 1. The molecule has 0 radical (unpaired) electrons. The summed E-state index contributed by atoms with van der Waals surface area (Å²) < 4.78 is 6.55. The molecule has 0 saturated heterocycles. The maximum Gasteiger partial charge on any atom is 0.341 e. The second kappa shape index (κ2) is 8.40. The van der Waals surface area contributed by atoms with Crippen molar-refractivity contribution in [2.24, 2.45) is 4.99 Å². The molecule has 2 aromatic heterocycles. The van der Waals surface area contributed by atoms with Crippen molar-refractivity contribution in [3.8, 4) is 5.69 Å². The molecule has 150 valence electrons. The third-order valence-corrected chi connectivity index (χ3v) is 5.67. The van der Waals surface area contributed by atoms with E-state index in [1.807, 2.05) is 30.3 Å². The van der Waals surface area contributed by atoms with E-state index in [1.165, 1.54) is 17.8 Å². The van der Waals surface area contributed by atoms with Gasteiger partial charge in [0.15, 0.2) is 5.78 Å². The van der Waals surface area contributed by atoms with Crippen LogP contribution in [0.5, 0.6) is 0 Å². The van der Waals surface area contributed by atoms with Crippen LogP contribution < -0.4 is 5.56 Å². The van der Waals surface area contributed by atoms with E-state index >= 15 is 0 Å². The molecule has 29 heavy (non-hydrogen) atoms. The summed E-state index contributed by atoms with van der Waals surface area (Å²) in [4.78, 5) is 41.9. The van der Waals surface area contributed by atoms with E-state index in [2.05, 4.69) is 10.1 Å². The van der Waals surface area contributed by atoms with Crippen molar-refractivity contribution in [3.05, 3.63) is 67.9 Å². The number of benzene rings is 1. The Bertz CT molecular complexity index is 1150. The van der Waals surface area contributed by atoms with Gasteiger partial charge in [-0.2, -0.15) is 0 Å². The number of aliphatic imine (C=N–C) groups is 1. The van der Waals surface area contributed by atoms with Gasteiger partial charge in [0.1, 0.15) is 5.00 Å². The molecule has 0 saturated carbocycles. The number of H-pyrrole nitrogens is 1. The SMILES string of the molecule is CCOC(=O)c1c(N=Cc2c(C)[nH]n(-c3ccccc3)c2=O)sc(C(C)=O)c1C. The summed E-state index contributed by atoms with van der Waals surface area (Å²) in [5, 5.41) is 3.37. The number of ether oxygens (including phenoxy) is 1. The predicted molar refractivity (Wildman–Crippen MR) is 113 cm³/mol. The lowest BCUT2D eigenvalue weighted by molar-refractivity contribution is 0.0527. The number of hydrogen-bond donors (Lipinski definition) is 1. The first-order valence-corrected chi connectivity index (χ1v) is 9.89. The van der Waals surface area contributed by atoms with Gasteiger partial charge in [0, 0.05) is 11.9 Å². The third kappa shape index (κ3) is 3.97. The first kappa shape index (κ1) is 20.5. The fourth-order valence-electron chi connectivity index (χ4n) is 2.96. The van der Waals surface area contributed by atoms with Crippen molar-refractivity contribution < 1.29 is 14.3 Å². The molecule has 0 amide bonds. The van der Waals surface area contributed by atoms with Crippen LogP contribution >= 0.6 is 11.3 Å². The van der Waals surface area contributed by atoms with Gasteiger partial charge in [-0.25, -0.2) is 14.5 Å². The van der Waals surface area contributed by atoms with Crippen LogP contribution in [0, 0.1) is 13.8 Å². The molecule has 2 heterocycles. The molecule has 0 fully saturated rings. The molecule has 0 atom stereocenters. The highest BCUT2D eigenvalue weighted by atomic mass is 32.1. The minimum atomic E-state index is -0.534. The highest BCUT2D eigenvalue weighted by molar-refractivity contribution is 7.18. The van der Waals surface area contributed by atoms with E-state index < -0.39 is 5.97 Å². The fourth-order valence-corrected chi connectivity index (χ4v) is 4.00. The number of esters is 1.